The van der Waals surface area contributed by atoms with Crippen LogP contribution in [0.1, 0.15) is 5.56 Å². The number of aryl methyl sites for hydroxylation is 1. The molecule has 0 fully saturated rings. The van der Waals surface area contributed by atoms with Crippen LogP contribution in [0.15, 0.2) is 47.4 Å². The average molecular weight is 369 g/mol. The second-order valence-corrected chi connectivity index (χ2v) is 7.09. The molecule has 0 heterocycles. The van der Waals surface area contributed by atoms with Crippen molar-refractivity contribution in [2.75, 3.05) is 18.4 Å². The fraction of sp³-hybridized carbons (Fsp3) is 0.188. The van der Waals surface area contributed by atoms with E-state index < -0.39 is 10.0 Å². The van der Waals surface area contributed by atoms with E-state index in [0.29, 0.717) is 16.5 Å². The zero-order valence-electron chi connectivity index (χ0n) is 13.2. The van der Waals surface area contributed by atoms with Gasteiger partial charge in [-0.25, -0.2) is 8.42 Å². The average Bonchev–Trinajstić information content (AvgIpc) is 2.56. The van der Waals surface area contributed by atoms with Gasteiger partial charge in [-0.1, -0.05) is 17.7 Å². The predicted molar refractivity (Wildman–Crippen MR) is 93.0 cm³/mol. The standard InChI is InChI=1S/C16H17ClN2O4S/c1-11-3-4-12(9-15(11)17)19-24(21,22)14-7-5-13(6-8-14)23-10-16(20)18-2/h3-9,19H,10H2,1-2H3,(H,18,20). The quantitative estimate of drug-likeness (QED) is 0.820. The molecule has 2 N–H and O–H groups in total. The molecular weight excluding hydrogens is 352 g/mol. The van der Waals surface area contributed by atoms with E-state index in [4.69, 9.17) is 16.3 Å². The van der Waals surface area contributed by atoms with E-state index in [-0.39, 0.29) is 17.4 Å². The van der Waals surface area contributed by atoms with Crippen molar-refractivity contribution in [2.24, 2.45) is 0 Å². The first kappa shape index (κ1) is 18.1. The van der Waals surface area contributed by atoms with Gasteiger partial charge in [0.1, 0.15) is 5.75 Å². The van der Waals surface area contributed by atoms with Crippen molar-refractivity contribution in [2.45, 2.75) is 11.8 Å². The van der Waals surface area contributed by atoms with Crippen LogP contribution >= 0.6 is 11.6 Å². The van der Waals surface area contributed by atoms with Crippen LogP contribution < -0.4 is 14.8 Å². The monoisotopic (exact) mass is 368 g/mol. The van der Waals surface area contributed by atoms with Gasteiger partial charge in [-0.3, -0.25) is 9.52 Å². The summed E-state index contributed by atoms with van der Waals surface area (Å²) >= 11 is 6.00. The van der Waals surface area contributed by atoms with E-state index in [0.717, 1.165) is 5.56 Å². The number of rotatable bonds is 6. The Hall–Kier alpha value is -2.25. The number of benzene rings is 2. The van der Waals surface area contributed by atoms with Crippen LogP contribution in [0, 0.1) is 6.92 Å². The summed E-state index contributed by atoms with van der Waals surface area (Å²) in [5.74, 6) is 0.126. The highest BCUT2D eigenvalue weighted by Crippen LogP contribution is 2.23. The summed E-state index contributed by atoms with van der Waals surface area (Å²) in [5.41, 5.74) is 1.24. The van der Waals surface area contributed by atoms with Crippen molar-refractivity contribution in [1.29, 1.82) is 0 Å². The number of ether oxygens (including phenoxy) is 1. The van der Waals surface area contributed by atoms with Crippen molar-refractivity contribution in [3.8, 4) is 5.75 Å². The Labute approximate surface area is 145 Å². The van der Waals surface area contributed by atoms with E-state index in [1.54, 1.807) is 18.2 Å². The Morgan fingerprint density at radius 2 is 1.83 bits per heavy atom. The van der Waals surface area contributed by atoms with E-state index in [1.165, 1.54) is 31.3 Å². The normalized spacial score (nSPS) is 11.0. The number of halogens is 1. The molecule has 0 bridgehead atoms. The first-order valence-corrected chi connectivity index (χ1v) is 8.90. The number of carbonyl (C=O) groups is 1. The van der Waals surface area contributed by atoms with Gasteiger partial charge in [0.05, 0.1) is 10.6 Å². The molecule has 0 aromatic heterocycles. The van der Waals surface area contributed by atoms with Crippen LogP contribution in [0.5, 0.6) is 5.75 Å². The van der Waals surface area contributed by atoms with Crippen molar-refractivity contribution < 1.29 is 17.9 Å². The molecule has 0 saturated heterocycles. The van der Waals surface area contributed by atoms with E-state index in [2.05, 4.69) is 10.0 Å². The number of hydrogen-bond acceptors (Lipinski definition) is 4. The molecule has 0 atom stereocenters. The van der Waals surface area contributed by atoms with Gasteiger partial charge >= 0.3 is 0 Å². The summed E-state index contributed by atoms with van der Waals surface area (Å²) in [6, 6.07) is 10.7. The van der Waals surface area contributed by atoms with E-state index >= 15 is 0 Å². The lowest BCUT2D eigenvalue weighted by atomic mass is 10.2. The number of amides is 1. The number of likely N-dealkylation sites (N-methyl/N-ethyl adjacent to an activating group) is 1. The molecule has 0 radical (unpaired) electrons. The highest BCUT2D eigenvalue weighted by molar-refractivity contribution is 7.92. The molecule has 0 aliphatic carbocycles. The van der Waals surface area contributed by atoms with Crippen LogP contribution in [0.4, 0.5) is 5.69 Å². The summed E-state index contributed by atoms with van der Waals surface area (Å²) in [7, 11) is -2.23. The van der Waals surface area contributed by atoms with Crippen LogP contribution in [0.3, 0.4) is 0 Å². The van der Waals surface area contributed by atoms with Crippen LogP contribution in [0.25, 0.3) is 0 Å². The smallest absolute Gasteiger partial charge is 0.261 e. The first-order valence-electron chi connectivity index (χ1n) is 7.04. The Bertz CT molecular complexity index is 836. The SMILES string of the molecule is CNC(=O)COc1ccc(S(=O)(=O)Nc2ccc(C)c(Cl)c2)cc1. The molecule has 128 valence electrons. The summed E-state index contributed by atoms with van der Waals surface area (Å²) in [4.78, 5) is 11.2. The number of anilines is 1. The third-order valence-electron chi connectivity index (χ3n) is 3.21. The Balaban J connectivity index is 2.11. The van der Waals surface area contributed by atoms with Crippen LogP contribution in [-0.2, 0) is 14.8 Å². The number of carbonyl (C=O) groups excluding carboxylic acids is 1. The second-order valence-electron chi connectivity index (χ2n) is 5.00. The minimum absolute atomic E-state index is 0.0755. The Kier molecular flexibility index (Phi) is 5.69. The minimum Gasteiger partial charge on any atom is -0.484 e. The molecule has 1 amide bonds. The Morgan fingerprint density at radius 3 is 2.42 bits per heavy atom. The van der Waals surface area contributed by atoms with Crippen molar-refractivity contribution in [3.05, 3.63) is 53.1 Å². The zero-order valence-corrected chi connectivity index (χ0v) is 14.7. The highest BCUT2D eigenvalue weighted by atomic mass is 35.5. The third kappa shape index (κ3) is 4.62. The lowest BCUT2D eigenvalue weighted by Crippen LogP contribution is -2.24. The van der Waals surface area contributed by atoms with Gasteiger partial charge < -0.3 is 10.1 Å². The summed E-state index contributed by atoms with van der Waals surface area (Å²) in [6.07, 6.45) is 0. The van der Waals surface area contributed by atoms with Crippen molar-refractivity contribution >= 4 is 33.2 Å². The highest BCUT2D eigenvalue weighted by Gasteiger charge is 2.15. The molecular formula is C16H17ClN2O4S. The van der Waals surface area contributed by atoms with Crippen LogP contribution in [0.2, 0.25) is 5.02 Å². The maximum Gasteiger partial charge on any atom is 0.261 e. The predicted octanol–water partition coefficient (Wildman–Crippen LogP) is 2.57. The fourth-order valence-corrected chi connectivity index (χ4v) is 3.04. The molecule has 8 heteroatoms. The molecule has 0 unspecified atom stereocenters. The van der Waals surface area contributed by atoms with Crippen molar-refractivity contribution in [3.63, 3.8) is 0 Å². The zero-order chi connectivity index (χ0) is 17.7. The molecule has 0 aliphatic rings. The van der Waals surface area contributed by atoms with Crippen LogP contribution in [-0.4, -0.2) is 28.0 Å². The molecule has 2 rings (SSSR count). The molecule has 6 nitrogen and oxygen atoms in total. The Morgan fingerprint density at radius 1 is 1.17 bits per heavy atom. The van der Waals surface area contributed by atoms with Gasteiger partial charge in [-0.05, 0) is 48.9 Å². The minimum atomic E-state index is -3.74. The lowest BCUT2D eigenvalue weighted by Gasteiger charge is -2.10. The summed E-state index contributed by atoms with van der Waals surface area (Å²) < 4.78 is 32.4. The molecule has 2 aromatic carbocycles. The first-order chi connectivity index (χ1) is 11.3. The summed E-state index contributed by atoms with van der Waals surface area (Å²) in [6.45, 7) is 1.70. The molecule has 0 spiro atoms. The van der Waals surface area contributed by atoms with Gasteiger partial charge in [0.2, 0.25) is 0 Å². The lowest BCUT2D eigenvalue weighted by molar-refractivity contribution is -0.122. The van der Waals surface area contributed by atoms with E-state index in [1.807, 2.05) is 6.92 Å². The number of nitrogens with one attached hydrogen (secondary N) is 2. The maximum absolute atomic E-state index is 12.4. The van der Waals surface area contributed by atoms with Gasteiger partial charge in [0.15, 0.2) is 6.61 Å². The molecule has 0 saturated carbocycles. The van der Waals surface area contributed by atoms with Gasteiger partial charge in [0.25, 0.3) is 15.9 Å². The second kappa shape index (κ2) is 7.55. The number of hydrogen-bond donors (Lipinski definition) is 2. The molecule has 24 heavy (non-hydrogen) atoms. The molecule has 2 aromatic rings. The number of sulfonamides is 1. The van der Waals surface area contributed by atoms with Gasteiger partial charge in [0, 0.05) is 12.1 Å². The maximum atomic E-state index is 12.4. The fourth-order valence-electron chi connectivity index (χ4n) is 1.81. The van der Waals surface area contributed by atoms with Gasteiger partial charge in [-0.2, -0.15) is 0 Å². The largest absolute Gasteiger partial charge is 0.484 e. The third-order valence-corrected chi connectivity index (χ3v) is 5.01. The summed E-state index contributed by atoms with van der Waals surface area (Å²) in [5, 5.41) is 2.91. The van der Waals surface area contributed by atoms with Crippen molar-refractivity contribution in [1.82, 2.24) is 5.32 Å². The van der Waals surface area contributed by atoms with Gasteiger partial charge in [-0.15, -0.1) is 0 Å². The van der Waals surface area contributed by atoms with E-state index in [9.17, 15) is 13.2 Å². The topological polar surface area (TPSA) is 84.5 Å². The molecule has 0 aliphatic heterocycles.